The normalized spacial score (nSPS) is 12.8. The van der Waals surface area contributed by atoms with Crippen molar-refractivity contribution < 1.29 is 4.52 Å². The Kier molecular flexibility index (Phi) is 3.77. The minimum absolute atomic E-state index is 0.401. The Balaban J connectivity index is 2.44. The van der Waals surface area contributed by atoms with Gasteiger partial charge in [-0.2, -0.15) is 4.98 Å². The molecule has 2 N–H and O–H groups in total. The van der Waals surface area contributed by atoms with Gasteiger partial charge in [0.2, 0.25) is 11.7 Å². The van der Waals surface area contributed by atoms with Crippen molar-refractivity contribution in [2.24, 2.45) is 5.73 Å². The molecule has 0 radical (unpaired) electrons. The average Bonchev–Trinajstić information content (AvgIpc) is 2.77. The second kappa shape index (κ2) is 4.97. The summed E-state index contributed by atoms with van der Waals surface area (Å²) < 4.78 is 6.48. The lowest BCUT2D eigenvalue weighted by molar-refractivity contribution is 0.223. The number of benzene rings is 1. The number of halogens is 1. The lowest BCUT2D eigenvalue weighted by Gasteiger charge is -2.34. The van der Waals surface area contributed by atoms with Gasteiger partial charge >= 0.3 is 0 Å². The SMILES string of the molecule is Cc1cc(Br)ccc1-c1noc(C(C)(C)C(C)(C)N)n1. The molecule has 0 atom stereocenters. The molecule has 4 nitrogen and oxygen atoms in total. The van der Waals surface area contributed by atoms with Gasteiger partial charge in [0, 0.05) is 15.6 Å². The van der Waals surface area contributed by atoms with Crippen molar-refractivity contribution in [1.29, 1.82) is 0 Å². The summed E-state index contributed by atoms with van der Waals surface area (Å²) in [7, 11) is 0. The molecule has 2 aromatic rings. The number of hydrogen-bond acceptors (Lipinski definition) is 4. The summed E-state index contributed by atoms with van der Waals surface area (Å²) in [6.07, 6.45) is 0. The molecule has 108 valence electrons. The van der Waals surface area contributed by atoms with Gasteiger partial charge in [-0.05, 0) is 58.4 Å². The zero-order valence-electron chi connectivity index (χ0n) is 12.5. The van der Waals surface area contributed by atoms with Gasteiger partial charge in [0.25, 0.3) is 0 Å². The number of rotatable bonds is 3. The monoisotopic (exact) mass is 337 g/mol. The highest BCUT2D eigenvalue weighted by molar-refractivity contribution is 9.10. The van der Waals surface area contributed by atoms with Crippen LogP contribution in [0.25, 0.3) is 11.4 Å². The van der Waals surface area contributed by atoms with Gasteiger partial charge in [0.05, 0.1) is 5.41 Å². The largest absolute Gasteiger partial charge is 0.338 e. The summed E-state index contributed by atoms with van der Waals surface area (Å²) in [5.41, 5.74) is 7.42. The van der Waals surface area contributed by atoms with Gasteiger partial charge in [-0.3, -0.25) is 0 Å². The first-order valence-corrected chi connectivity index (χ1v) is 7.32. The molecule has 0 aliphatic rings. The molecule has 0 aliphatic heterocycles. The van der Waals surface area contributed by atoms with Crippen LogP contribution in [0.3, 0.4) is 0 Å². The van der Waals surface area contributed by atoms with Crippen molar-refractivity contribution in [3.63, 3.8) is 0 Å². The van der Waals surface area contributed by atoms with Crippen LogP contribution < -0.4 is 5.73 Å². The highest BCUT2D eigenvalue weighted by Gasteiger charge is 2.40. The molecule has 0 spiro atoms. The number of aryl methyl sites for hydroxylation is 1. The summed E-state index contributed by atoms with van der Waals surface area (Å²) in [6.45, 7) is 9.97. The maximum absolute atomic E-state index is 6.21. The molecule has 5 heteroatoms. The Morgan fingerprint density at radius 1 is 1.20 bits per heavy atom. The number of nitrogens with zero attached hydrogens (tertiary/aromatic N) is 2. The van der Waals surface area contributed by atoms with E-state index in [0.717, 1.165) is 15.6 Å². The molecule has 1 aromatic heterocycles. The van der Waals surface area contributed by atoms with Crippen molar-refractivity contribution in [3.8, 4) is 11.4 Å². The first-order valence-electron chi connectivity index (χ1n) is 6.52. The van der Waals surface area contributed by atoms with E-state index in [1.165, 1.54) is 0 Å². The van der Waals surface area contributed by atoms with Crippen LogP contribution in [0.1, 0.15) is 39.1 Å². The topological polar surface area (TPSA) is 64.9 Å². The predicted molar refractivity (Wildman–Crippen MR) is 83.5 cm³/mol. The lowest BCUT2D eigenvalue weighted by Crippen LogP contribution is -2.50. The quantitative estimate of drug-likeness (QED) is 0.924. The first-order chi connectivity index (χ1) is 9.13. The predicted octanol–water partition coefficient (Wildman–Crippen LogP) is 3.82. The third-order valence-electron chi connectivity index (χ3n) is 4.00. The molecule has 0 fully saturated rings. The van der Waals surface area contributed by atoms with Crippen LogP contribution in [0.15, 0.2) is 27.2 Å². The molecule has 20 heavy (non-hydrogen) atoms. The molecule has 1 aromatic carbocycles. The van der Waals surface area contributed by atoms with Crippen LogP contribution in [0, 0.1) is 6.92 Å². The smallest absolute Gasteiger partial charge is 0.234 e. The maximum Gasteiger partial charge on any atom is 0.234 e. The van der Waals surface area contributed by atoms with Crippen LogP contribution in [0.2, 0.25) is 0 Å². The number of nitrogens with two attached hydrogens (primary N) is 1. The number of hydrogen-bond donors (Lipinski definition) is 1. The Morgan fingerprint density at radius 3 is 2.40 bits per heavy atom. The van der Waals surface area contributed by atoms with Crippen molar-refractivity contribution in [2.45, 2.75) is 45.6 Å². The molecule has 1 heterocycles. The van der Waals surface area contributed by atoms with Gasteiger partial charge in [-0.15, -0.1) is 0 Å². The molecular weight excluding hydrogens is 318 g/mol. The van der Waals surface area contributed by atoms with E-state index in [0.29, 0.717) is 11.7 Å². The Labute approximate surface area is 127 Å². The summed E-state index contributed by atoms with van der Waals surface area (Å²) in [6, 6.07) is 5.98. The van der Waals surface area contributed by atoms with Crippen LogP contribution in [-0.2, 0) is 5.41 Å². The van der Waals surface area contributed by atoms with Crippen molar-refractivity contribution in [2.75, 3.05) is 0 Å². The van der Waals surface area contributed by atoms with E-state index >= 15 is 0 Å². The Morgan fingerprint density at radius 2 is 1.85 bits per heavy atom. The third-order valence-corrected chi connectivity index (χ3v) is 4.49. The Hall–Kier alpha value is -1.20. The van der Waals surface area contributed by atoms with E-state index in [4.69, 9.17) is 10.3 Å². The molecule has 0 aliphatic carbocycles. The standard InChI is InChI=1S/C15H20BrN3O/c1-9-8-10(16)6-7-11(9)12-18-13(20-19-12)14(2,3)15(4,5)17/h6-8H,17H2,1-5H3. The highest BCUT2D eigenvalue weighted by atomic mass is 79.9. The van der Waals surface area contributed by atoms with Crippen LogP contribution >= 0.6 is 15.9 Å². The van der Waals surface area contributed by atoms with Crippen molar-refractivity contribution >= 4 is 15.9 Å². The van der Waals surface area contributed by atoms with Gasteiger partial charge in [0.1, 0.15) is 0 Å². The first kappa shape index (κ1) is 15.2. The van der Waals surface area contributed by atoms with Crippen LogP contribution in [0.5, 0.6) is 0 Å². The summed E-state index contributed by atoms with van der Waals surface area (Å²) in [5, 5.41) is 4.10. The lowest BCUT2D eigenvalue weighted by atomic mass is 9.75. The fourth-order valence-electron chi connectivity index (χ4n) is 1.74. The molecular formula is C15H20BrN3O. The molecule has 0 amide bonds. The molecule has 2 rings (SSSR count). The second-order valence-electron chi connectivity index (χ2n) is 6.23. The minimum atomic E-state index is -0.453. The maximum atomic E-state index is 6.21. The highest BCUT2D eigenvalue weighted by Crippen LogP contribution is 2.33. The second-order valence-corrected chi connectivity index (χ2v) is 7.14. The van der Waals surface area contributed by atoms with E-state index in [9.17, 15) is 0 Å². The van der Waals surface area contributed by atoms with Gasteiger partial charge in [-0.25, -0.2) is 0 Å². The minimum Gasteiger partial charge on any atom is -0.338 e. The van der Waals surface area contributed by atoms with Crippen LogP contribution in [-0.4, -0.2) is 15.7 Å². The molecule has 0 unspecified atom stereocenters. The van der Waals surface area contributed by atoms with Crippen LogP contribution in [0.4, 0.5) is 0 Å². The summed E-state index contributed by atoms with van der Waals surface area (Å²) in [5.74, 6) is 1.16. The fraction of sp³-hybridized carbons (Fsp3) is 0.467. The molecule has 0 bridgehead atoms. The fourth-order valence-corrected chi connectivity index (χ4v) is 2.22. The van der Waals surface area contributed by atoms with Gasteiger partial charge < -0.3 is 10.3 Å². The zero-order valence-corrected chi connectivity index (χ0v) is 14.1. The van der Waals surface area contributed by atoms with E-state index in [1.807, 2.05) is 52.8 Å². The van der Waals surface area contributed by atoms with Gasteiger partial charge in [0.15, 0.2) is 0 Å². The summed E-state index contributed by atoms with van der Waals surface area (Å²) in [4.78, 5) is 4.54. The van der Waals surface area contributed by atoms with E-state index in [-0.39, 0.29) is 0 Å². The van der Waals surface area contributed by atoms with E-state index < -0.39 is 11.0 Å². The van der Waals surface area contributed by atoms with Crippen molar-refractivity contribution in [1.82, 2.24) is 10.1 Å². The molecule has 0 saturated carbocycles. The van der Waals surface area contributed by atoms with Gasteiger partial charge in [-0.1, -0.05) is 21.1 Å². The third kappa shape index (κ3) is 2.65. The summed E-state index contributed by atoms with van der Waals surface area (Å²) >= 11 is 3.45. The average molecular weight is 338 g/mol. The zero-order chi connectivity index (χ0) is 15.1. The van der Waals surface area contributed by atoms with Crippen molar-refractivity contribution in [3.05, 3.63) is 34.1 Å². The molecule has 0 saturated heterocycles. The number of aromatic nitrogens is 2. The Bertz CT molecular complexity index is 626. The van der Waals surface area contributed by atoms with E-state index in [1.54, 1.807) is 0 Å². The van der Waals surface area contributed by atoms with E-state index in [2.05, 4.69) is 26.1 Å².